The Balaban J connectivity index is 2.18. The van der Waals surface area contributed by atoms with Gasteiger partial charge in [-0.3, -0.25) is 15.1 Å². The zero-order chi connectivity index (χ0) is 14.5. The second-order valence-corrected chi connectivity index (χ2v) is 4.08. The van der Waals surface area contributed by atoms with Gasteiger partial charge in [-0.05, 0) is 19.1 Å². The number of anilines is 1. The van der Waals surface area contributed by atoms with Gasteiger partial charge < -0.3 is 5.32 Å². The van der Waals surface area contributed by atoms with E-state index in [-0.39, 0.29) is 11.3 Å². The van der Waals surface area contributed by atoms with E-state index in [9.17, 15) is 10.1 Å². The molecular formula is C13H11N5O2. The standard InChI is InChI=1S/C13H11N5O2/c1-9-3-2-4-11(17-9)7-15-13-10(6-14)5-12(8-16-13)18(19)20/h2-5,8H,7H2,1H3,(H,15,16). The number of nitriles is 1. The van der Waals surface area contributed by atoms with Crippen molar-refractivity contribution in [3.05, 3.63) is 57.5 Å². The van der Waals surface area contributed by atoms with Crippen molar-refractivity contribution in [2.24, 2.45) is 0 Å². The number of nitro groups is 1. The van der Waals surface area contributed by atoms with Crippen molar-refractivity contribution in [2.45, 2.75) is 13.5 Å². The maximum Gasteiger partial charge on any atom is 0.289 e. The van der Waals surface area contributed by atoms with Crippen LogP contribution in [0.2, 0.25) is 0 Å². The third-order valence-corrected chi connectivity index (χ3v) is 2.59. The zero-order valence-electron chi connectivity index (χ0n) is 10.7. The summed E-state index contributed by atoms with van der Waals surface area (Å²) >= 11 is 0. The Morgan fingerprint density at radius 1 is 1.50 bits per heavy atom. The predicted molar refractivity (Wildman–Crippen MR) is 71.9 cm³/mol. The van der Waals surface area contributed by atoms with Crippen LogP contribution in [0.15, 0.2) is 30.5 Å². The van der Waals surface area contributed by atoms with Crippen molar-refractivity contribution in [3.8, 4) is 6.07 Å². The fourth-order valence-electron chi connectivity index (χ4n) is 1.65. The summed E-state index contributed by atoms with van der Waals surface area (Å²) in [4.78, 5) is 18.3. The number of pyridine rings is 2. The van der Waals surface area contributed by atoms with Gasteiger partial charge in [0, 0.05) is 11.8 Å². The van der Waals surface area contributed by atoms with Crippen molar-refractivity contribution < 1.29 is 4.92 Å². The molecule has 0 aromatic carbocycles. The lowest BCUT2D eigenvalue weighted by molar-refractivity contribution is -0.385. The molecule has 0 saturated carbocycles. The molecule has 1 N–H and O–H groups in total. The molecule has 0 radical (unpaired) electrons. The van der Waals surface area contributed by atoms with Crippen LogP contribution in [0, 0.1) is 28.4 Å². The first-order valence-corrected chi connectivity index (χ1v) is 5.81. The highest BCUT2D eigenvalue weighted by atomic mass is 16.6. The normalized spacial score (nSPS) is 9.80. The Labute approximate surface area is 115 Å². The lowest BCUT2D eigenvalue weighted by atomic mass is 10.2. The van der Waals surface area contributed by atoms with Crippen LogP contribution < -0.4 is 5.32 Å². The van der Waals surface area contributed by atoms with Gasteiger partial charge in [-0.2, -0.15) is 5.26 Å². The van der Waals surface area contributed by atoms with Crippen molar-refractivity contribution in [1.82, 2.24) is 9.97 Å². The van der Waals surface area contributed by atoms with E-state index in [1.165, 1.54) is 6.07 Å². The molecule has 0 unspecified atom stereocenters. The van der Waals surface area contributed by atoms with Crippen LogP contribution in [0.25, 0.3) is 0 Å². The van der Waals surface area contributed by atoms with E-state index in [4.69, 9.17) is 5.26 Å². The molecule has 0 bridgehead atoms. The topological polar surface area (TPSA) is 105 Å². The molecule has 2 heterocycles. The van der Waals surface area contributed by atoms with Gasteiger partial charge in [0.25, 0.3) is 5.69 Å². The summed E-state index contributed by atoms with van der Waals surface area (Å²) in [7, 11) is 0. The van der Waals surface area contributed by atoms with Crippen LogP contribution in [0.3, 0.4) is 0 Å². The average molecular weight is 269 g/mol. The Kier molecular flexibility index (Phi) is 3.86. The first-order chi connectivity index (χ1) is 9.60. The summed E-state index contributed by atoms with van der Waals surface area (Å²) in [5, 5.41) is 22.6. The van der Waals surface area contributed by atoms with Crippen LogP contribution in [-0.2, 0) is 6.54 Å². The quantitative estimate of drug-likeness (QED) is 0.673. The SMILES string of the molecule is Cc1cccc(CNc2ncc([N+](=O)[O-])cc2C#N)n1. The molecule has 2 rings (SSSR count). The smallest absolute Gasteiger partial charge is 0.289 e. The molecule has 0 spiro atoms. The lowest BCUT2D eigenvalue weighted by Crippen LogP contribution is -2.06. The highest BCUT2D eigenvalue weighted by Crippen LogP contribution is 2.18. The van der Waals surface area contributed by atoms with Crippen LogP contribution in [-0.4, -0.2) is 14.9 Å². The molecule has 0 fully saturated rings. The Morgan fingerprint density at radius 2 is 2.30 bits per heavy atom. The van der Waals surface area contributed by atoms with Gasteiger partial charge in [0.15, 0.2) is 0 Å². The molecule has 100 valence electrons. The number of aromatic nitrogens is 2. The maximum absolute atomic E-state index is 10.6. The first-order valence-electron chi connectivity index (χ1n) is 5.81. The number of hydrogen-bond donors (Lipinski definition) is 1. The molecule has 2 aromatic rings. The fourth-order valence-corrected chi connectivity index (χ4v) is 1.65. The molecule has 7 heteroatoms. The molecular weight excluding hydrogens is 258 g/mol. The minimum absolute atomic E-state index is 0.131. The number of nitrogens with one attached hydrogen (secondary N) is 1. The summed E-state index contributed by atoms with van der Waals surface area (Å²) < 4.78 is 0. The van der Waals surface area contributed by atoms with E-state index in [0.717, 1.165) is 17.6 Å². The predicted octanol–water partition coefficient (Wildman–Crippen LogP) is 2.18. The molecule has 2 aromatic heterocycles. The van der Waals surface area contributed by atoms with Crippen LogP contribution in [0.4, 0.5) is 11.5 Å². The summed E-state index contributed by atoms with van der Waals surface area (Å²) in [6.45, 7) is 2.27. The molecule has 0 amide bonds. The Hall–Kier alpha value is -3.01. The van der Waals surface area contributed by atoms with Gasteiger partial charge in [-0.15, -0.1) is 0 Å². The van der Waals surface area contributed by atoms with Crippen LogP contribution >= 0.6 is 0 Å². The third kappa shape index (κ3) is 3.05. The van der Waals surface area contributed by atoms with Crippen molar-refractivity contribution >= 4 is 11.5 Å². The first kappa shape index (κ1) is 13.4. The van der Waals surface area contributed by atoms with Crippen LogP contribution in [0.1, 0.15) is 17.0 Å². The summed E-state index contributed by atoms with van der Waals surface area (Å²) in [5.41, 5.74) is 1.61. The minimum atomic E-state index is -0.584. The van der Waals surface area contributed by atoms with Gasteiger partial charge in [-0.25, -0.2) is 4.98 Å². The van der Waals surface area contributed by atoms with Crippen LogP contribution in [0.5, 0.6) is 0 Å². The summed E-state index contributed by atoms with van der Waals surface area (Å²) in [5.74, 6) is 0.307. The summed E-state index contributed by atoms with van der Waals surface area (Å²) in [6, 6.07) is 8.69. The second-order valence-electron chi connectivity index (χ2n) is 4.08. The third-order valence-electron chi connectivity index (χ3n) is 2.59. The van der Waals surface area contributed by atoms with Gasteiger partial charge in [0.1, 0.15) is 23.6 Å². The fraction of sp³-hybridized carbons (Fsp3) is 0.154. The highest BCUT2D eigenvalue weighted by molar-refractivity contribution is 5.55. The molecule has 0 aliphatic rings. The largest absolute Gasteiger partial charge is 0.363 e. The molecule has 0 aliphatic heterocycles. The molecule has 0 atom stereocenters. The number of aryl methyl sites for hydroxylation is 1. The highest BCUT2D eigenvalue weighted by Gasteiger charge is 2.12. The maximum atomic E-state index is 10.6. The van der Waals surface area contributed by atoms with E-state index < -0.39 is 4.92 Å². The van der Waals surface area contributed by atoms with Gasteiger partial charge >= 0.3 is 0 Å². The molecule has 20 heavy (non-hydrogen) atoms. The molecule has 7 nitrogen and oxygen atoms in total. The van der Waals surface area contributed by atoms with Crippen molar-refractivity contribution in [3.63, 3.8) is 0 Å². The van der Waals surface area contributed by atoms with Gasteiger partial charge in [-0.1, -0.05) is 6.07 Å². The van der Waals surface area contributed by atoms with E-state index in [2.05, 4.69) is 15.3 Å². The van der Waals surface area contributed by atoms with E-state index in [1.54, 1.807) is 0 Å². The zero-order valence-corrected chi connectivity index (χ0v) is 10.7. The van der Waals surface area contributed by atoms with E-state index >= 15 is 0 Å². The average Bonchev–Trinajstić information content (AvgIpc) is 2.45. The molecule has 0 saturated heterocycles. The van der Waals surface area contributed by atoms with Gasteiger partial charge in [0.2, 0.25) is 0 Å². The lowest BCUT2D eigenvalue weighted by Gasteiger charge is -2.07. The van der Waals surface area contributed by atoms with Gasteiger partial charge in [0.05, 0.1) is 17.2 Å². The monoisotopic (exact) mass is 269 g/mol. The summed E-state index contributed by atoms with van der Waals surface area (Å²) in [6.07, 6.45) is 1.12. The van der Waals surface area contributed by atoms with E-state index in [1.807, 2.05) is 31.2 Å². The number of rotatable bonds is 4. The number of nitrogens with zero attached hydrogens (tertiary/aromatic N) is 4. The second kappa shape index (κ2) is 5.75. The Bertz CT molecular complexity index is 693. The van der Waals surface area contributed by atoms with Crippen molar-refractivity contribution in [2.75, 3.05) is 5.32 Å². The van der Waals surface area contributed by atoms with Crippen molar-refractivity contribution in [1.29, 1.82) is 5.26 Å². The minimum Gasteiger partial charge on any atom is -0.363 e. The molecule has 0 aliphatic carbocycles. The van der Waals surface area contributed by atoms with E-state index in [0.29, 0.717) is 12.4 Å². The number of hydrogen-bond acceptors (Lipinski definition) is 6. The Morgan fingerprint density at radius 3 is 2.95 bits per heavy atom.